The molecule has 4 heteroatoms. The Labute approximate surface area is 120 Å². The molecule has 2 atom stereocenters. The van der Waals surface area contributed by atoms with Crippen LogP contribution in [-0.4, -0.2) is 34.9 Å². The van der Waals surface area contributed by atoms with Gasteiger partial charge < -0.3 is 10.6 Å². The summed E-state index contributed by atoms with van der Waals surface area (Å²) in [6.45, 7) is 5.34. The number of hydrogen-bond donors (Lipinski definition) is 1. The lowest BCUT2D eigenvalue weighted by Crippen LogP contribution is -2.45. The van der Waals surface area contributed by atoms with Gasteiger partial charge in [0.1, 0.15) is 5.69 Å². The molecule has 0 aliphatic carbocycles. The number of nitrogens with zero attached hydrogens (tertiary/aromatic N) is 2. The molecule has 0 bridgehead atoms. The highest BCUT2D eigenvalue weighted by atomic mass is 16.2. The van der Waals surface area contributed by atoms with E-state index in [9.17, 15) is 4.79 Å². The highest BCUT2D eigenvalue weighted by Gasteiger charge is 2.29. The van der Waals surface area contributed by atoms with Gasteiger partial charge in [0.15, 0.2) is 0 Å². The molecule has 1 saturated heterocycles. The maximum atomic E-state index is 12.7. The summed E-state index contributed by atoms with van der Waals surface area (Å²) in [5, 5.41) is 0. The van der Waals surface area contributed by atoms with Crippen molar-refractivity contribution in [2.75, 3.05) is 13.1 Å². The Hall–Kier alpha value is -1.86. The smallest absolute Gasteiger partial charge is 0.273 e. The van der Waals surface area contributed by atoms with Crippen LogP contribution in [0.2, 0.25) is 0 Å². The lowest BCUT2D eigenvalue weighted by Gasteiger charge is -2.36. The van der Waals surface area contributed by atoms with Gasteiger partial charge in [-0.15, -0.1) is 0 Å². The third kappa shape index (κ3) is 3.17. The molecular formula is C16H21N3O. The number of rotatable bonds is 1. The van der Waals surface area contributed by atoms with E-state index in [-0.39, 0.29) is 18.5 Å². The van der Waals surface area contributed by atoms with E-state index < -0.39 is 0 Å². The third-order valence-electron chi connectivity index (χ3n) is 3.71. The average molecular weight is 271 g/mol. The van der Waals surface area contributed by atoms with Gasteiger partial charge in [-0.1, -0.05) is 18.8 Å². The van der Waals surface area contributed by atoms with Crippen molar-refractivity contribution in [3.63, 3.8) is 0 Å². The first-order chi connectivity index (χ1) is 9.63. The lowest BCUT2D eigenvalue weighted by atomic mass is 9.94. The van der Waals surface area contributed by atoms with Gasteiger partial charge in [0.05, 0.1) is 12.1 Å². The van der Waals surface area contributed by atoms with Crippen LogP contribution in [0.4, 0.5) is 0 Å². The molecule has 1 amide bonds. The molecule has 2 unspecified atom stereocenters. The molecule has 20 heavy (non-hydrogen) atoms. The van der Waals surface area contributed by atoms with Crippen LogP contribution in [0.25, 0.3) is 0 Å². The van der Waals surface area contributed by atoms with Crippen LogP contribution in [0.1, 0.15) is 42.7 Å². The van der Waals surface area contributed by atoms with Gasteiger partial charge >= 0.3 is 0 Å². The Morgan fingerprint density at radius 2 is 2.30 bits per heavy atom. The summed E-state index contributed by atoms with van der Waals surface area (Å²) in [5.41, 5.74) is 6.50. The van der Waals surface area contributed by atoms with Gasteiger partial charge in [-0.05, 0) is 37.8 Å². The van der Waals surface area contributed by atoms with E-state index in [1.807, 2.05) is 11.0 Å². The Kier molecular flexibility index (Phi) is 4.75. The largest absolute Gasteiger partial charge is 0.334 e. The first kappa shape index (κ1) is 14.5. The standard InChI is InChI=1S/C16H21N3O/c1-12-7-8-13(2)19(11-12)16(20)15-14(5-3-9-17)6-4-10-18-15/h4,6,10,12-13H,7-9,11,17H2,1-2H3. The van der Waals surface area contributed by atoms with E-state index in [1.165, 1.54) is 6.42 Å². The maximum Gasteiger partial charge on any atom is 0.273 e. The summed E-state index contributed by atoms with van der Waals surface area (Å²) in [5.74, 6) is 6.24. The van der Waals surface area contributed by atoms with Gasteiger partial charge in [-0.2, -0.15) is 0 Å². The van der Waals surface area contributed by atoms with Gasteiger partial charge in [-0.25, -0.2) is 4.98 Å². The van der Waals surface area contributed by atoms with Crippen LogP contribution in [0.15, 0.2) is 18.3 Å². The SMILES string of the molecule is CC1CCC(C)N(C(=O)c2ncccc2C#CCN)C1. The molecule has 0 spiro atoms. The number of nitrogens with two attached hydrogens (primary N) is 1. The Bertz CT molecular complexity index is 544. The highest BCUT2D eigenvalue weighted by molar-refractivity contribution is 5.95. The number of pyridine rings is 1. The fraction of sp³-hybridized carbons (Fsp3) is 0.500. The van der Waals surface area contributed by atoms with E-state index >= 15 is 0 Å². The number of aromatic nitrogens is 1. The highest BCUT2D eigenvalue weighted by Crippen LogP contribution is 2.23. The molecule has 4 nitrogen and oxygen atoms in total. The third-order valence-corrected chi connectivity index (χ3v) is 3.71. The number of carbonyl (C=O) groups is 1. The van der Waals surface area contributed by atoms with Gasteiger partial charge in [0, 0.05) is 18.8 Å². The molecule has 1 aromatic heterocycles. The van der Waals surface area contributed by atoms with Crippen molar-refractivity contribution in [2.24, 2.45) is 11.7 Å². The van der Waals surface area contributed by atoms with Crippen molar-refractivity contribution >= 4 is 5.91 Å². The van der Waals surface area contributed by atoms with Crippen molar-refractivity contribution in [3.8, 4) is 11.8 Å². The van der Waals surface area contributed by atoms with E-state index in [0.717, 1.165) is 13.0 Å². The monoisotopic (exact) mass is 271 g/mol. The summed E-state index contributed by atoms with van der Waals surface area (Å²) in [6.07, 6.45) is 3.86. The van der Waals surface area contributed by atoms with Crippen molar-refractivity contribution in [3.05, 3.63) is 29.6 Å². The van der Waals surface area contributed by atoms with E-state index in [0.29, 0.717) is 17.2 Å². The number of likely N-dealkylation sites (tertiary alicyclic amines) is 1. The van der Waals surface area contributed by atoms with Crippen LogP contribution in [0, 0.1) is 17.8 Å². The van der Waals surface area contributed by atoms with E-state index in [4.69, 9.17) is 5.73 Å². The van der Waals surface area contributed by atoms with Crippen molar-refractivity contribution in [1.29, 1.82) is 0 Å². The normalized spacial score (nSPS) is 22.1. The van der Waals surface area contributed by atoms with Crippen LogP contribution < -0.4 is 5.73 Å². The number of piperidine rings is 1. The van der Waals surface area contributed by atoms with Gasteiger partial charge in [0.25, 0.3) is 5.91 Å². The minimum Gasteiger partial charge on any atom is -0.334 e. The molecule has 1 aromatic rings. The molecule has 2 rings (SSSR count). The number of carbonyl (C=O) groups excluding carboxylic acids is 1. The Morgan fingerprint density at radius 3 is 3.05 bits per heavy atom. The minimum atomic E-state index is -0.0222. The summed E-state index contributed by atoms with van der Waals surface area (Å²) in [7, 11) is 0. The summed E-state index contributed by atoms with van der Waals surface area (Å²) in [6, 6.07) is 3.87. The molecule has 1 fully saturated rings. The topological polar surface area (TPSA) is 59.2 Å². The average Bonchev–Trinajstić information content (AvgIpc) is 2.47. The fourth-order valence-electron chi connectivity index (χ4n) is 2.53. The van der Waals surface area contributed by atoms with Crippen LogP contribution in [-0.2, 0) is 0 Å². The van der Waals surface area contributed by atoms with Crippen molar-refractivity contribution in [2.45, 2.75) is 32.7 Å². The zero-order chi connectivity index (χ0) is 14.5. The molecular weight excluding hydrogens is 250 g/mol. The number of hydrogen-bond acceptors (Lipinski definition) is 3. The minimum absolute atomic E-state index is 0.0222. The van der Waals surface area contributed by atoms with Crippen LogP contribution in [0.5, 0.6) is 0 Å². The van der Waals surface area contributed by atoms with Crippen LogP contribution >= 0.6 is 0 Å². The number of amides is 1. The molecule has 0 radical (unpaired) electrons. The first-order valence-corrected chi connectivity index (χ1v) is 7.08. The Balaban J connectivity index is 2.28. The molecule has 2 heterocycles. The quantitative estimate of drug-likeness (QED) is 0.790. The molecule has 0 aromatic carbocycles. The van der Waals surface area contributed by atoms with E-state index in [1.54, 1.807) is 12.3 Å². The lowest BCUT2D eigenvalue weighted by molar-refractivity contribution is 0.0567. The predicted molar refractivity (Wildman–Crippen MR) is 79.1 cm³/mol. The molecule has 2 N–H and O–H groups in total. The van der Waals surface area contributed by atoms with Gasteiger partial charge in [-0.3, -0.25) is 4.79 Å². The Morgan fingerprint density at radius 1 is 1.50 bits per heavy atom. The summed E-state index contributed by atoms with van der Waals surface area (Å²) in [4.78, 5) is 18.9. The zero-order valence-electron chi connectivity index (χ0n) is 12.1. The molecule has 106 valence electrons. The first-order valence-electron chi connectivity index (χ1n) is 7.08. The predicted octanol–water partition coefficient (Wildman–Crippen LogP) is 1.65. The van der Waals surface area contributed by atoms with Crippen molar-refractivity contribution in [1.82, 2.24) is 9.88 Å². The molecule has 1 aliphatic heterocycles. The van der Waals surface area contributed by atoms with Crippen LogP contribution in [0.3, 0.4) is 0 Å². The fourth-order valence-corrected chi connectivity index (χ4v) is 2.53. The second-order valence-corrected chi connectivity index (χ2v) is 5.39. The van der Waals surface area contributed by atoms with E-state index in [2.05, 4.69) is 30.7 Å². The second-order valence-electron chi connectivity index (χ2n) is 5.39. The summed E-state index contributed by atoms with van der Waals surface area (Å²) >= 11 is 0. The zero-order valence-corrected chi connectivity index (χ0v) is 12.1. The molecule has 0 saturated carbocycles. The van der Waals surface area contributed by atoms with Crippen molar-refractivity contribution < 1.29 is 4.79 Å². The molecule has 1 aliphatic rings. The van der Waals surface area contributed by atoms with Gasteiger partial charge in [0.2, 0.25) is 0 Å². The summed E-state index contributed by atoms with van der Waals surface area (Å²) < 4.78 is 0. The second kappa shape index (κ2) is 6.53. The maximum absolute atomic E-state index is 12.7.